The highest BCUT2D eigenvalue weighted by atomic mass is 14.1. The van der Waals surface area contributed by atoms with Crippen LogP contribution >= 0.6 is 0 Å². The second-order valence-electron chi connectivity index (χ2n) is 7.73. The molecule has 0 heterocycles. The van der Waals surface area contributed by atoms with E-state index in [-0.39, 0.29) is 0 Å². The van der Waals surface area contributed by atoms with E-state index in [1.165, 1.54) is 49.5 Å². The molecule has 0 fully saturated rings. The average molecular weight is 381 g/mol. The van der Waals surface area contributed by atoms with Gasteiger partial charge in [-0.25, -0.2) is 0 Å². The van der Waals surface area contributed by atoms with Crippen molar-refractivity contribution in [3.8, 4) is 22.3 Å². The number of hydrogen-bond donors (Lipinski definition) is 0. The maximum Gasteiger partial charge on any atom is 0.192 e. The molecule has 0 aliphatic rings. The highest BCUT2D eigenvalue weighted by Gasteiger charge is 2.09. The predicted octanol–water partition coefficient (Wildman–Crippen LogP) is 6.14. The zero-order valence-corrected chi connectivity index (χ0v) is 17.0. The van der Waals surface area contributed by atoms with E-state index < -0.39 is 0 Å². The lowest BCUT2D eigenvalue weighted by Gasteiger charge is -2.11. The first-order valence-electron chi connectivity index (χ1n) is 10.4. The Hall–Kier alpha value is -3.58. The predicted molar refractivity (Wildman–Crippen MR) is 131 cm³/mol. The number of rotatable bonds is 4. The van der Waals surface area contributed by atoms with Crippen LogP contribution in [0.4, 0.5) is 0 Å². The molecule has 141 valence electrons. The van der Waals surface area contributed by atoms with Gasteiger partial charge in [0.1, 0.15) is 0 Å². The summed E-state index contributed by atoms with van der Waals surface area (Å²) in [6.45, 7) is 2.18. The lowest BCUT2D eigenvalue weighted by Crippen LogP contribution is -2.29. The molecule has 0 aliphatic carbocycles. The van der Waals surface area contributed by atoms with E-state index in [4.69, 9.17) is 0 Å². The first-order valence-corrected chi connectivity index (χ1v) is 10.4. The summed E-state index contributed by atoms with van der Waals surface area (Å²) in [5.41, 5.74) is 8.78. The second kappa shape index (κ2) is 8.04. The first-order chi connectivity index (χ1) is 14.8. The van der Waals surface area contributed by atoms with Crippen LogP contribution in [0.2, 0.25) is 0 Å². The highest BCUT2D eigenvalue weighted by Crippen LogP contribution is 2.24. The third kappa shape index (κ3) is 3.67. The fourth-order valence-electron chi connectivity index (χ4n) is 4.06. The molecule has 0 spiro atoms. The zero-order valence-electron chi connectivity index (χ0n) is 17.0. The Morgan fingerprint density at radius 2 is 1.13 bits per heavy atom. The van der Waals surface area contributed by atoms with Crippen LogP contribution in [0.3, 0.4) is 0 Å². The minimum Gasteiger partial charge on any atom is -0.0808 e. The standard InChI is InChI=1S/C29H22B/c1-21-14-15-25-10-5-6-13-28(25)29(21)30-27-12-7-11-26(20-27)24-18-16-23(17-19-24)22-8-3-2-4-9-22/h2-20H,1H3. The second-order valence-corrected chi connectivity index (χ2v) is 7.73. The van der Waals surface area contributed by atoms with Gasteiger partial charge in [-0.1, -0.05) is 132 Å². The van der Waals surface area contributed by atoms with Crippen LogP contribution < -0.4 is 10.9 Å². The first kappa shape index (κ1) is 18.5. The molecular weight excluding hydrogens is 359 g/mol. The van der Waals surface area contributed by atoms with E-state index >= 15 is 0 Å². The molecule has 5 aromatic rings. The number of fused-ring (bicyclic) bond motifs is 1. The maximum absolute atomic E-state index is 2.31. The third-order valence-corrected chi connectivity index (χ3v) is 5.71. The summed E-state index contributed by atoms with van der Waals surface area (Å²) in [5.74, 6) is 0. The van der Waals surface area contributed by atoms with E-state index in [1.807, 2.05) is 0 Å². The smallest absolute Gasteiger partial charge is 0.0808 e. The van der Waals surface area contributed by atoms with Crippen LogP contribution in [0.15, 0.2) is 115 Å². The molecule has 5 aromatic carbocycles. The Labute approximate surface area is 179 Å². The number of benzene rings is 5. The minimum absolute atomic E-state index is 1.22. The molecule has 0 bridgehead atoms. The average Bonchev–Trinajstić information content (AvgIpc) is 2.82. The molecule has 1 radical (unpaired) electrons. The quantitative estimate of drug-likeness (QED) is 0.328. The van der Waals surface area contributed by atoms with Crippen molar-refractivity contribution in [2.24, 2.45) is 0 Å². The molecule has 5 rings (SSSR count). The molecule has 0 aliphatic heterocycles. The number of hydrogen-bond acceptors (Lipinski definition) is 0. The molecular formula is C29H22B. The Balaban J connectivity index is 1.46. The largest absolute Gasteiger partial charge is 0.192 e. The molecule has 0 nitrogen and oxygen atoms in total. The van der Waals surface area contributed by atoms with Crippen molar-refractivity contribution in [2.75, 3.05) is 0 Å². The summed E-state index contributed by atoms with van der Waals surface area (Å²) in [7, 11) is 2.31. The molecule has 0 saturated carbocycles. The topological polar surface area (TPSA) is 0 Å². The van der Waals surface area contributed by atoms with Gasteiger partial charge in [0.05, 0.1) is 0 Å². The van der Waals surface area contributed by atoms with Crippen LogP contribution in [0.5, 0.6) is 0 Å². The minimum atomic E-state index is 1.22. The fraction of sp³-hybridized carbons (Fsp3) is 0.0345. The van der Waals surface area contributed by atoms with E-state index in [9.17, 15) is 0 Å². The lowest BCUT2D eigenvalue weighted by atomic mass is 9.61. The van der Waals surface area contributed by atoms with Crippen molar-refractivity contribution in [2.45, 2.75) is 6.92 Å². The maximum atomic E-state index is 2.31. The Morgan fingerprint density at radius 3 is 1.93 bits per heavy atom. The molecule has 30 heavy (non-hydrogen) atoms. The molecule has 0 N–H and O–H groups in total. The van der Waals surface area contributed by atoms with Crippen molar-refractivity contribution < 1.29 is 0 Å². The highest BCUT2D eigenvalue weighted by molar-refractivity contribution is 6.70. The van der Waals surface area contributed by atoms with Gasteiger partial charge in [0.25, 0.3) is 0 Å². The molecule has 0 amide bonds. The Bertz CT molecular complexity index is 1300. The molecule has 0 saturated heterocycles. The lowest BCUT2D eigenvalue weighted by molar-refractivity contribution is 1.54. The Kier molecular flexibility index (Phi) is 4.95. The SMILES string of the molecule is Cc1ccc2ccccc2c1[B]c1cccc(-c2ccc(-c3ccccc3)cc2)c1. The summed E-state index contributed by atoms with van der Waals surface area (Å²) in [6, 6.07) is 41.1. The van der Waals surface area contributed by atoms with Gasteiger partial charge in [-0.15, -0.1) is 0 Å². The van der Waals surface area contributed by atoms with Crippen molar-refractivity contribution in [1.82, 2.24) is 0 Å². The van der Waals surface area contributed by atoms with Gasteiger partial charge < -0.3 is 0 Å². The summed E-state index contributed by atoms with van der Waals surface area (Å²) in [5, 5.41) is 2.58. The van der Waals surface area contributed by atoms with Crippen LogP contribution in [0, 0.1) is 6.92 Å². The van der Waals surface area contributed by atoms with Crippen molar-refractivity contribution >= 4 is 29.0 Å². The molecule has 0 atom stereocenters. The normalized spacial score (nSPS) is 10.8. The van der Waals surface area contributed by atoms with Crippen LogP contribution in [-0.2, 0) is 0 Å². The van der Waals surface area contributed by atoms with Gasteiger partial charge in [0.15, 0.2) is 7.28 Å². The third-order valence-electron chi connectivity index (χ3n) is 5.71. The number of aryl methyl sites for hydroxylation is 1. The van der Waals surface area contributed by atoms with Gasteiger partial charge in [0.2, 0.25) is 0 Å². The van der Waals surface area contributed by atoms with Gasteiger partial charge in [-0.05, 0) is 39.9 Å². The van der Waals surface area contributed by atoms with E-state index in [2.05, 4.69) is 129 Å². The van der Waals surface area contributed by atoms with Crippen molar-refractivity contribution in [3.63, 3.8) is 0 Å². The fourth-order valence-corrected chi connectivity index (χ4v) is 4.06. The van der Waals surface area contributed by atoms with E-state index in [0.29, 0.717) is 0 Å². The molecule has 1 heteroatoms. The summed E-state index contributed by atoms with van der Waals surface area (Å²) >= 11 is 0. The van der Waals surface area contributed by atoms with Crippen LogP contribution in [-0.4, -0.2) is 7.28 Å². The van der Waals surface area contributed by atoms with Gasteiger partial charge >= 0.3 is 0 Å². The summed E-state index contributed by atoms with van der Waals surface area (Å²) in [6.07, 6.45) is 0. The van der Waals surface area contributed by atoms with Crippen LogP contribution in [0.25, 0.3) is 33.0 Å². The van der Waals surface area contributed by atoms with Crippen LogP contribution in [0.1, 0.15) is 5.56 Å². The molecule has 0 aromatic heterocycles. The van der Waals surface area contributed by atoms with Gasteiger partial charge in [0, 0.05) is 0 Å². The van der Waals surface area contributed by atoms with Gasteiger partial charge in [-0.3, -0.25) is 0 Å². The van der Waals surface area contributed by atoms with Crippen molar-refractivity contribution in [3.05, 3.63) is 121 Å². The monoisotopic (exact) mass is 381 g/mol. The van der Waals surface area contributed by atoms with E-state index in [1.54, 1.807) is 0 Å². The van der Waals surface area contributed by atoms with Crippen molar-refractivity contribution in [1.29, 1.82) is 0 Å². The summed E-state index contributed by atoms with van der Waals surface area (Å²) < 4.78 is 0. The van der Waals surface area contributed by atoms with E-state index in [0.717, 1.165) is 0 Å². The zero-order chi connectivity index (χ0) is 20.3. The summed E-state index contributed by atoms with van der Waals surface area (Å²) in [4.78, 5) is 0. The molecule has 0 unspecified atom stereocenters. The van der Waals surface area contributed by atoms with Gasteiger partial charge in [-0.2, -0.15) is 0 Å². The Morgan fingerprint density at radius 1 is 0.500 bits per heavy atom.